The molecule has 0 atom stereocenters. The molecule has 0 bridgehead atoms. The quantitative estimate of drug-likeness (QED) is 0.444. The Bertz CT molecular complexity index is 1270. The van der Waals surface area contributed by atoms with Crippen LogP contribution in [0, 0.1) is 12.8 Å². The zero-order chi connectivity index (χ0) is 22.2. The van der Waals surface area contributed by atoms with E-state index in [1.807, 2.05) is 13.8 Å². The third-order valence-corrected chi connectivity index (χ3v) is 4.52. The summed E-state index contributed by atoms with van der Waals surface area (Å²) in [5.74, 6) is -1.80. The normalized spacial score (nSPS) is 11.2. The highest BCUT2D eigenvalue weighted by Crippen LogP contribution is 2.15. The molecule has 0 saturated carbocycles. The van der Waals surface area contributed by atoms with Gasteiger partial charge in [-0.2, -0.15) is 5.10 Å². The monoisotopic (exact) mass is 414 g/mol. The minimum Gasteiger partial charge on any atom is -0.454 e. The first-order valence-corrected chi connectivity index (χ1v) is 9.23. The third kappa shape index (κ3) is 3.61. The lowest BCUT2D eigenvalue weighted by Gasteiger charge is -2.16. The Labute approximate surface area is 170 Å². The van der Waals surface area contributed by atoms with Gasteiger partial charge in [0.1, 0.15) is 16.9 Å². The van der Waals surface area contributed by atoms with E-state index in [0.29, 0.717) is 5.69 Å². The van der Waals surface area contributed by atoms with Gasteiger partial charge in [0.25, 0.3) is 5.56 Å². The topological polar surface area (TPSA) is 144 Å². The van der Waals surface area contributed by atoms with Gasteiger partial charge >= 0.3 is 11.7 Å². The van der Waals surface area contributed by atoms with Gasteiger partial charge in [-0.1, -0.05) is 13.8 Å². The molecular formula is C19H22N6O5. The first-order valence-electron chi connectivity index (χ1n) is 9.23. The highest BCUT2D eigenvalue weighted by Gasteiger charge is 2.25. The maximum atomic E-state index is 12.7. The third-order valence-electron chi connectivity index (χ3n) is 4.52. The van der Waals surface area contributed by atoms with Crippen LogP contribution in [0.15, 0.2) is 28.0 Å². The highest BCUT2D eigenvalue weighted by atomic mass is 16.5. The fraction of sp³-hybridized carbons (Fsp3) is 0.368. The van der Waals surface area contributed by atoms with Gasteiger partial charge in [-0.15, -0.1) is 0 Å². The number of esters is 1. The van der Waals surface area contributed by atoms with E-state index >= 15 is 0 Å². The number of hydrogen-bond donors (Lipinski definition) is 1. The molecule has 0 aromatic carbocycles. The Morgan fingerprint density at radius 3 is 2.60 bits per heavy atom. The number of aryl methyl sites for hydroxylation is 1. The minimum atomic E-state index is -0.840. The molecule has 0 aliphatic heterocycles. The molecule has 0 saturated heterocycles. The van der Waals surface area contributed by atoms with Gasteiger partial charge in [-0.05, 0) is 18.9 Å². The summed E-state index contributed by atoms with van der Waals surface area (Å²) in [6, 6.07) is 1.66. The molecule has 30 heavy (non-hydrogen) atoms. The van der Waals surface area contributed by atoms with Gasteiger partial charge in [0, 0.05) is 26.0 Å². The molecule has 3 heterocycles. The summed E-state index contributed by atoms with van der Waals surface area (Å²) in [4.78, 5) is 54.1. The van der Waals surface area contributed by atoms with Crippen molar-refractivity contribution in [3.63, 3.8) is 0 Å². The number of rotatable bonds is 6. The van der Waals surface area contributed by atoms with Crippen molar-refractivity contribution in [1.29, 1.82) is 0 Å². The lowest BCUT2D eigenvalue weighted by molar-refractivity contribution is 0.0475. The van der Waals surface area contributed by atoms with E-state index < -0.39 is 29.6 Å². The summed E-state index contributed by atoms with van der Waals surface area (Å²) in [5.41, 5.74) is 4.91. The van der Waals surface area contributed by atoms with Crippen LogP contribution in [0.1, 0.15) is 40.3 Å². The van der Waals surface area contributed by atoms with Crippen LogP contribution in [0.5, 0.6) is 0 Å². The summed E-state index contributed by atoms with van der Waals surface area (Å²) >= 11 is 0. The summed E-state index contributed by atoms with van der Waals surface area (Å²) in [7, 11) is 1.26. The number of nitrogen functional groups attached to an aromatic ring is 1. The van der Waals surface area contributed by atoms with E-state index in [9.17, 15) is 19.2 Å². The number of ketones is 1. The number of carbonyl (C=O) groups is 2. The van der Waals surface area contributed by atoms with Crippen LogP contribution in [0.4, 0.5) is 5.82 Å². The zero-order valence-electron chi connectivity index (χ0n) is 17.1. The van der Waals surface area contributed by atoms with Crippen LogP contribution in [-0.2, 0) is 18.3 Å². The highest BCUT2D eigenvalue weighted by molar-refractivity contribution is 6.03. The predicted molar refractivity (Wildman–Crippen MR) is 108 cm³/mol. The number of nitrogens with zero attached hydrogens (tertiary/aromatic N) is 5. The summed E-state index contributed by atoms with van der Waals surface area (Å²) < 4.78 is 8.52. The van der Waals surface area contributed by atoms with Gasteiger partial charge in [0.2, 0.25) is 5.78 Å². The molecule has 0 amide bonds. The molecule has 3 rings (SSSR count). The standard InChI is InChI=1S/C19H22N6O5/c1-10(2)8-24-15(20)14(17(27)23(4)19(24)29)12(26)9-30-18(28)13-11(3)22-25-7-5-6-21-16(13)25/h5-7,10H,8-9,20H2,1-4H3. The Hall–Kier alpha value is -3.76. The van der Waals surface area contributed by atoms with E-state index in [1.165, 1.54) is 22.3 Å². The fourth-order valence-electron chi connectivity index (χ4n) is 3.10. The largest absolute Gasteiger partial charge is 0.454 e. The van der Waals surface area contributed by atoms with E-state index in [1.54, 1.807) is 19.2 Å². The van der Waals surface area contributed by atoms with Crippen molar-refractivity contribution < 1.29 is 14.3 Å². The predicted octanol–water partition coefficient (Wildman–Crippen LogP) is 0.176. The van der Waals surface area contributed by atoms with Crippen molar-refractivity contribution >= 4 is 23.2 Å². The second-order valence-corrected chi connectivity index (χ2v) is 7.26. The zero-order valence-corrected chi connectivity index (χ0v) is 17.1. The summed E-state index contributed by atoms with van der Waals surface area (Å²) in [6.07, 6.45) is 3.13. The van der Waals surface area contributed by atoms with Crippen LogP contribution in [0.25, 0.3) is 5.65 Å². The number of hydrogen-bond acceptors (Lipinski definition) is 8. The molecule has 0 radical (unpaired) electrons. The van der Waals surface area contributed by atoms with E-state index in [-0.39, 0.29) is 35.1 Å². The lowest BCUT2D eigenvalue weighted by Crippen LogP contribution is -2.43. The molecule has 0 spiro atoms. The number of anilines is 1. The van der Waals surface area contributed by atoms with Crippen LogP contribution in [0.2, 0.25) is 0 Å². The van der Waals surface area contributed by atoms with Gasteiger partial charge in [-0.25, -0.2) is 19.1 Å². The molecule has 11 heteroatoms. The van der Waals surface area contributed by atoms with Crippen LogP contribution in [0.3, 0.4) is 0 Å². The van der Waals surface area contributed by atoms with Crippen molar-refractivity contribution in [3.8, 4) is 0 Å². The van der Waals surface area contributed by atoms with Crippen molar-refractivity contribution in [1.82, 2.24) is 23.7 Å². The molecule has 2 N–H and O–H groups in total. The average Bonchev–Trinajstić information content (AvgIpc) is 3.03. The first-order chi connectivity index (χ1) is 14.1. The average molecular weight is 414 g/mol. The number of ether oxygens (including phenoxy) is 1. The Kier molecular flexibility index (Phi) is 5.54. The second kappa shape index (κ2) is 7.93. The molecule has 0 fully saturated rings. The SMILES string of the molecule is Cc1nn2cccnc2c1C(=O)OCC(=O)c1c(N)n(CC(C)C)c(=O)n(C)c1=O. The number of Topliss-reactive ketones (excluding diaryl/α,β-unsaturated/α-hetero) is 1. The van der Waals surface area contributed by atoms with Gasteiger partial charge in [0.15, 0.2) is 12.3 Å². The lowest BCUT2D eigenvalue weighted by atomic mass is 10.1. The van der Waals surface area contributed by atoms with Crippen LogP contribution < -0.4 is 17.0 Å². The Morgan fingerprint density at radius 1 is 1.23 bits per heavy atom. The number of nitrogens with two attached hydrogens (primary N) is 1. The maximum absolute atomic E-state index is 12.7. The molecular weight excluding hydrogens is 392 g/mol. The van der Waals surface area contributed by atoms with E-state index in [2.05, 4.69) is 10.1 Å². The molecule has 158 valence electrons. The number of carbonyl (C=O) groups excluding carboxylic acids is 2. The summed E-state index contributed by atoms with van der Waals surface area (Å²) in [5, 5.41) is 4.17. The number of aromatic nitrogens is 5. The molecule has 3 aromatic heterocycles. The molecule has 0 aliphatic rings. The van der Waals surface area contributed by atoms with Gasteiger partial charge < -0.3 is 10.5 Å². The van der Waals surface area contributed by atoms with Crippen molar-refractivity contribution in [2.45, 2.75) is 27.3 Å². The molecule has 0 unspecified atom stereocenters. The van der Waals surface area contributed by atoms with Crippen LogP contribution >= 0.6 is 0 Å². The van der Waals surface area contributed by atoms with E-state index in [0.717, 1.165) is 4.57 Å². The molecule has 3 aromatic rings. The van der Waals surface area contributed by atoms with Crippen molar-refractivity contribution in [3.05, 3.63) is 56.1 Å². The van der Waals surface area contributed by atoms with E-state index in [4.69, 9.17) is 10.5 Å². The maximum Gasteiger partial charge on any atom is 0.344 e. The fourth-order valence-corrected chi connectivity index (χ4v) is 3.10. The number of fused-ring (bicyclic) bond motifs is 1. The smallest absolute Gasteiger partial charge is 0.344 e. The Morgan fingerprint density at radius 2 is 1.93 bits per heavy atom. The van der Waals surface area contributed by atoms with Crippen molar-refractivity contribution in [2.75, 3.05) is 12.3 Å². The van der Waals surface area contributed by atoms with Crippen molar-refractivity contribution in [2.24, 2.45) is 13.0 Å². The molecule has 0 aliphatic carbocycles. The second-order valence-electron chi connectivity index (χ2n) is 7.26. The van der Waals surface area contributed by atoms with Gasteiger partial charge in [0.05, 0.1) is 5.69 Å². The minimum absolute atomic E-state index is 0.0504. The van der Waals surface area contributed by atoms with Gasteiger partial charge in [-0.3, -0.25) is 18.7 Å². The first kappa shape index (κ1) is 21.0. The summed E-state index contributed by atoms with van der Waals surface area (Å²) in [6.45, 7) is 4.86. The Balaban J connectivity index is 1.90. The molecule has 11 nitrogen and oxygen atoms in total. The van der Waals surface area contributed by atoms with Crippen LogP contribution in [-0.4, -0.2) is 42.1 Å².